The van der Waals surface area contributed by atoms with Crippen molar-refractivity contribution in [2.45, 2.75) is 38.1 Å². The number of carbonyl (C=O) groups is 1. The molecule has 3 atom stereocenters. The van der Waals surface area contributed by atoms with Crippen molar-refractivity contribution < 1.29 is 17.7 Å². The molecule has 1 saturated carbocycles. The predicted molar refractivity (Wildman–Crippen MR) is 102 cm³/mol. The van der Waals surface area contributed by atoms with Crippen molar-refractivity contribution >= 4 is 15.9 Å². The first-order chi connectivity index (χ1) is 13.2. The second kappa shape index (κ2) is 6.66. The lowest BCUT2D eigenvalue weighted by atomic mass is 9.80. The van der Waals surface area contributed by atoms with E-state index >= 15 is 0 Å². The molecule has 9 heteroatoms. The third kappa shape index (κ3) is 3.33. The summed E-state index contributed by atoms with van der Waals surface area (Å²) in [5, 5.41) is 7.01. The van der Waals surface area contributed by atoms with Crippen LogP contribution in [0, 0.1) is 19.8 Å². The van der Waals surface area contributed by atoms with Crippen LogP contribution >= 0.6 is 0 Å². The highest BCUT2D eigenvalue weighted by molar-refractivity contribution is 7.88. The number of fused-ring (bicyclic) bond motifs is 1. The monoisotopic (exact) mass is 404 g/mol. The van der Waals surface area contributed by atoms with Crippen LogP contribution in [0.5, 0.6) is 0 Å². The lowest BCUT2D eigenvalue weighted by Gasteiger charge is -2.24. The first kappa shape index (κ1) is 19.1. The van der Waals surface area contributed by atoms with Gasteiger partial charge in [0.15, 0.2) is 5.82 Å². The van der Waals surface area contributed by atoms with Crippen molar-refractivity contribution in [2.24, 2.45) is 5.92 Å². The van der Waals surface area contributed by atoms with E-state index in [0.29, 0.717) is 43.2 Å². The minimum atomic E-state index is -3.32. The summed E-state index contributed by atoms with van der Waals surface area (Å²) in [5.74, 6) is 0.886. The van der Waals surface area contributed by atoms with Crippen LogP contribution in [0.2, 0.25) is 0 Å². The Morgan fingerprint density at radius 3 is 2.79 bits per heavy atom. The third-order valence-electron chi connectivity index (χ3n) is 5.88. The molecule has 0 bridgehead atoms. The molecule has 1 aliphatic heterocycles. The molecule has 1 aromatic carbocycles. The molecular weight excluding hydrogens is 380 g/mol. The number of nitrogens with zero attached hydrogens (tertiary/aromatic N) is 3. The van der Waals surface area contributed by atoms with Gasteiger partial charge >= 0.3 is 0 Å². The number of amides is 1. The Kier molecular flexibility index (Phi) is 4.54. The maximum atomic E-state index is 12.7. The van der Waals surface area contributed by atoms with Crippen LogP contribution < -0.4 is 5.32 Å². The second-order valence-corrected chi connectivity index (χ2v) is 10.0. The molecule has 1 aromatic heterocycles. The van der Waals surface area contributed by atoms with Crippen LogP contribution in [-0.2, 0) is 15.4 Å². The minimum absolute atomic E-state index is 0.0184. The highest BCUT2D eigenvalue weighted by Crippen LogP contribution is 2.50. The zero-order valence-corrected chi connectivity index (χ0v) is 17.0. The maximum absolute atomic E-state index is 12.7. The van der Waals surface area contributed by atoms with Crippen LogP contribution in [0.3, 0.4) is 0 Å². The van der Waals surface area contributed by atoms with Crippen molar-refractivity contribution in [3.05, 3.63) is 47.1 Å². The number of rotatable bonds is 4. The standard InChI is InChI=1S/C19H24N4O4S/c1-12-5-4-6-14(7-12)17(24)21-16-8-15-10-23(28(3,25)26)11-19(15,9-16)18-20-13(2)22-27-18/h4-7,15-16H,8-11H2,1-3H3,(H,21,24)/t15-,16+,19-/m0/s1. The second-order valence-electron chi connectivity index (χ2n) is 8.04. The topological polar surface area (TPSA) is 105 Å². The fourth-order valence-electron chi connectivity index (χ4n) is 4.57. The van der Waals surface area contributed by atoms with Gasteiger partial charge in [-0.3, -0.25) is 4.79 Å². The first-order valence-electron chi connectivity index (χ1n) is 9.31. The van der Waals surface area contributed by atoms with Gasteiger partial charge < -0.3 is 9.84 Å². The minimum Gasteiger partial charge on any atom is -0.349 e. The zero-order chi connectivity index (χ0) is 20.1. The van der Waals surface area contributed by atoms with E-state index in [1.54, 1.807) is 13.0 Å². The highest BCUT2D eigenvalue weighted by Gasteiger charge is 2.58. The lowest BCUT2D eigenvalue weighted by molar-refractivity contribution is 0.0934. The average molecular weight is 404 g/mol. The molecule has 8 nitrogen and oxygen atoms in total. The summed E-state index contributed by atoms with van der Waals surface area (Å²) in [6.45, 7) is 4.39. The molecule has 150 valence electrons. The van der Waals surface area contributed by atoms with Crippen LogP contribution in [0.15, 0.2) is 28.8 Å². The molecule has 1 N–H and O–H groups in total. The summed E-state index contributed by atoms with van der Waals surface area (Å²) < 4.78 is 31.2. The Morgan fingerprint density at radius 2 is 2.14 bits per heavy atom. The number of sulfonamides is 1. The van der Waals surface area contributed by atoms with Gasteiger partial charge in [-0.2, -0.15) is 4.98 Å². The molecule has 2 fully saturated rings. The van der Waals surface area contributed by atoms with Crippen LogP contribution in [-0.4, -0.2) is 54.2 Å². The highest BCUT2D eigenvalue weighted by atomic mass is 32.2. The van der Waals surface area contributed by atoms with E-state index in [9.17, 15) is 13.2 Å². The molecule has 0 radical (unpaired) electrons. The smallest absolute Gasteiger partial charge is 0.251 e. The predicted octanol–water partition coefficient (Wildman–Crippen LogP) is 1.41. The molecule has 2 aromatic rings. The van der Waals surface area contributed by atoms with E-state index in [0.717, 1.165) is 5.56 Å². The average Bonchev–Trinajstić information content (AvgIpc) is 3.26. The fraction of sp³-hybridized carbons (Fsp3) is 0.526. The Morgan fingerprint density at radius 1 is 1.36 bits per heavy atom. The summed E-state index contributed by atoms with van der Waals surface area (Å²) in [4.78, 5) is 17.1. The SMILES string of the molecule is Cc1cccc(C(=O)N[C@@H]2C[C@H]3CN(S(C)(=O)=O)C[C@@]3(c3nc(C)no3)C2)c1. The van der Waals surface area contributed by atoms with Gasteiger partial charge in [0.2, 0.25) is 15.9 Å². The number of hydrogen-bond acceptors (Lipinski definition) is 6. The van der Waals surface area contributed by atoms with Crippen molar-refractivity contribution in [1.29, 1.82) is 0 Å². The molecule has 2 aliphatic rings. The summed E-state index contributed by atoms with van der Waals surface area (Å²) in [6.07, 6.45) is 2.46. The van der Waals surface area contributed by atoms with Gasteiger partial charge in [0, 0.05) is 24.7 Å². The number of nitrogens with one attached hydrogen (secondary N) is 1. The van der Waals surface area contributed by atoms with Gasteiger partial charge in [0.25, 0.3) is 5.91 Å². The number of aryl methyl sites for hydroxylation is 2. The Balaban J connectivity index is 1.58. The molecule has 2 heterocycles. The van der Waals surface area contributed by atoms with Gasteiger partial charge in [0.1, 0.15) is 0 Å². The van der Waals surface area contributed by atoms with Gasteiger partial charge in [-0.25, -0.2) is 12.7 Å². The van der Waals surface area contributed by atoms with Gasteiger partial charge in [-0.15, -0.1) is 0 Å². The third-order valence-corrected chi connectivity index (χ3v) is 7.10. The Bertz CT molecular complexity index is 1020. The molecule has 1 aliphatic carbocycles. The van der Waals surface area contributed by atoms with Gasteiger partial charge in [0.05, 0.1) is 11.7 Å². The van der Waals surface area contributed by atoms with E-state index in [4.69, 9.17) is 4.52 Å². The molecule has 0 unspecified atom stereocenters. The Hall–Kier alpha value is -2.26. The van der Waals surface area contributed by atoms with Crippen molar-refractivity contribution in [2.75, 3.05) is 19.3 Å². The quantitative estimate of drug-likeness (QED) is 0.826. The number of hydrogen-bond donors (Lipinski definition) is 1. The molecular formula is C19H24N4O4S. The molecule has 28 heavy (non-hydrogen) atoms. The zero-order valence-electron chi connectivity index (χ0n) is 16.2. The maximum Gasteiger partial charge on any atom is 0.251 e. The van der Waals surface area contributed by atoms with Crippen LogP contribution in [0.4, 0.5) is 0 Å². The first-order valence-corrected chi connectivity index (χ1v) is 11.2. The van der Waals surface area contributed by atoms with E-state index < -0.39 is 15.4 Å². The van der Waals surface area contributed by atoms with Gasteiger partial charge in [-0.1, -0.05) is 22.9 Å². The molecule has 1 amide bonds. The lowest BCUT2D eigenvalue weighted by Crippen LogP contribution is -2.39. The number of benzene rings is 1. The van der Waals surface area contributed by atoms with Crippen LogP contribution in [0.1, 0.15) is 40.5 Å². The molecule has 0 spiro atoms. The summed E-state index contributed by atoms with van der Waals surface area (Å²) in [6, 6.07) is 7.38. The fourth-order valence-corrected chi connectivity index (χ4v) is 5.49. The molecule has 1 saturated heterocycles. The van der Waals surface area contributed by atoms with Crippen molar-refractivity contribution in [1.82, 2.24) is 19.8 Å². The van der Waals surface area contributed by atoms with E-state index in [-0.39, 0.29) is 17.9 Å². The number of carbonyl (C=O) groups excluding carboxylic acids is 1. The normalized spacial score (nSPS) is 27.7. The van der Waals surface area contributed by atoms with E-state index in [1.807, 2.05) is 25.1 Å². The molecule has 4 rings (SSSR count). The number of aromatic nitrogens is 2. The summed E-state index contributed by atoms with van der Waals surface area (Å²) in [7, 11) is -3.32. The summed E-state index contributed by atoms with van der Waals surface area (Å²) >= 11 is 0. The summed E-state index contributed by atoms with van der Waals surface area (Å²) in [5.41, 5.74) is 1.09. The Labute approximate surface area is 164 Å². The van der Waals surface area contributed by atoms with Gasteiger partial charge in [-0.05, 0) is 44.7 Å². The van der Waals surface area contributed by atoms with Crippen molar-refractivity contribution in [3.8, 4) is 0 Å². The van der Waals surface area contributed by atoms with Crippen molar-refractivity contribution in [3.63, 3.8) is 0 Å². The van der Waals surface area contributed by atoms with E-state index in [2.05, 4.69) is 15.5 Å². The largest absolute Gasteiger partial charge is 0.349 e. The van der Waals surface area contributed by atoms with E-state index in [1.165, 1.54) is 10.6 Å². The van der Waals surface area contributed by atoms with Crippen LogP contribution in [0.25, 0.3) is 0 Å².